The lowest BCUT2D eigenvalue weighted by Gasteiger charge is -2.22. The van der Waals surface area contributed by atoms with Crippen LogP contribution in [-0.4, -0.2) is 65.7 Å². The molecule has 0 radical (unpaired) electrons. The molecule has 166 valence electrons. The Morgan fingerprint density at radius 1 is 1.10 bits per heavy atom. The van der Waals surface area contributed by atoms with Gasteiger partial charge in [0.25, 0.3) is 11.1 Å². The third-order valence-electron chi connectivity index (χ3n) is 4.98. The number of thioether (sulfide) groups is 1. The van der Waals surface area contributed by atoms with E-state index in [0.717, 1.165) is 42.3 Å². The molecule has 0 bridgehead atoms. The zero-order valence-corrected chi connectivity index (χ0v) is 18.3. The van der Waals surface area contributed by atoms with E-state index in [9.17, 15) is 19.2 Å². The molecule has 3 amide bonds. The molecule has 1 aromatic carbocycles. The highest BCUT2D eigenvalue weighted by atomic mass is 32.2. The summed E-state index contributed by atoms with van der Waals surface area (Å²) in [5.74, 6) is -0.811. The molecule has 2 saturated heterocycles. The lowest BCUT2D eigenvalue weighted by Crippen LogP contribution is -2.42. The average molecular weight is 447 g/mol. The monoisotopic (exact) mass is 446 g/mol. The molecule has 0 unspecified atom stereocenters. The number of para-hydroxylation sites is 1. The summed E-state index contributed by atoms with van der Waals surface area (Å²) in [7, 11) is 0. The Kier molecular flexibility index (Phi) is 8.11. The third-order valence-corrected chi connectivity index (χ3v) is 5.89. The smallest absolute Gasteiger partial charge is 0.344 e. The van der Waals surface area contributed by atoms with Gasteiger partial charge in [-0.3, -0.25) is 19.3 Å². The van der Waals surface area contributed by atoms with Crippen LogP contribution in [0.2, 0.25) is 0 Å². The van der Waals surface area contributed by atoms with Gasteiger partial charge in [-0.15, -0.1) is 0 Å². The van der Waals surface area contributed by atoms with Gasteiger partial charge >= 0.3 is 5.97 Å². The standard InChI is InChI=1S/C22H26N2O6S/c1-2-29-20(26)15-30-17-10-6-5-9-16(17)13-18-21(27)24(22(28)31-18)14-19(25)23-11-7-3-4-8-12-23/h5-6,9-10,13H,2-4,7-8,11-12,14-15H2,1H3/b18-13-. The van der Waals surface area contributed by atoms with Crippen LogP contribution in [0, 0.1) is 0 Å². The lowest BCUT2D eigenvalue weighted by molar-refractivity contribution is -0.145. The van der Waals surface area contributed by atoms with E-state index in [-0.39, 0.29) is 30.6 Å². The van der Waals surface area contributed by atoms with Gasteiger partial charge in [0, 0.05) is 18.7 Å². The fourth-order valence-electron chi connectivity index (χ4n) is 3.40. The maximum atomic E-state index is 12.8. The van der Waals surface area contributed by atoms with Gasteiger partial charge < -0.3 is 14.4 Å². The van der Waals surface area contributed by atoms with Crippen LogP contribution < -0.4 is 4.74 Å². The summed E-state index contributed by atoms with van der Waals surface area (Å²) in [6.07, 6.45) is 5.60. The van der Waals surface area contributed by atoms with Crippen molar-refractivity contribution in [2.45, 2.75) is 32.6 Å². The van der Waals surface area contributed by atoms with Crippen molar-refractivity contribution in [2.24, 2.45) is 0 Å². The highest BCUT2D eigenvalue weighted by Gasteiger charge is 2.37. The van der Waals surface area contributed by atoms with E-state index in [1.165, 1.54) is 0 Å². The predicted molar refractivity (Wildman–Crippen MR) is 116 cm³/mol. The van der Waals surface area contributed by atoms with Crippen molar-refractivity contribution >= 4 is 40.9 Å². The van der Waals surface area contributed by atoms with Crippen LogP contribution in [0.3, 0.4) is 0 Å². The fourth-order valence-corrected chi connectivity index (χ4v) is 4.23. The Balaban J connectivity index is 1.69. The average Bonchev–Trinajstić information content (AvgIpc) is 2.96. The van der Waals surface area contributed by atoms with Crippen LogP contribution in [-0.2, 0) is 19.1 Å². The second-order valence-corrected chi connectivity index (χ2v) is 8.19. The Morgan fingerprint density at radius 2 is 1.81 bits per heavy atom. The number of hydrogen-bond donors (Lipinski definition) is 0. The Morgan fingerprint density at radius 3 is 2.52 bits per heavy atom. The number of likely N-dealkylation sites (tertiary alicyclic amines) is 1. The van der Waals surface area contributed by atoms with Crippen LogP contribution in [0.25, 0.3) is 6.08 Å². The number of amides is 3. The second-order valence-electron chi connectivity index (χ2n) is 7.19. The van der Waals surface area contributed by atoms with E-state index in [1.807, 2.05) is 0 Å². The molecule has 31 heavy (non-hydrogen) atoms. The van der Waals surface area contributed by atoms with Crippen molar-refractivity contribution in [3.63, 3.8) is 0 Å². The number of ether oxygens (including phenoxy) is 2. The number of esters is 1. The molecular formula is C22H26N2O6S. The molecule has 0 aromatic heterocycles. The van der Waals surface area contributed by atoms with E-state index in [0.29, 0.717) is 24.4 Å². The van der Waals surface area contributed by atoms with Crippen molar-refractivity contribution in [1.82, 2.24) is 9.80 Å². The first kappa shape index (κ1) is 22.9. The summed E-state index contributed by atoms with van der Waals surface area (Å²) >= 11 is 0.791. The third kappa shape index (κ3) is 6.10. The molecule has 3 rings (SSSR count). The predicted octanol–water partition coefficient (Wildman–Crippen LogP) is 3.07. The second kappa shape index (κ2) is 11.0. The van der Waals surface area contributed by atoms with Gasteiger partial charge in [-0.2, -0.15) is 0 Å². The summed E-state index contributed by atoms with van der Waals surface area (Å²) in [6.45, 7) is 2.78. The molecule has 0 spiro atoms. The molecule has 0 N–H and O–H groups in total. The highest BCUT2D eigenvalue weighted by molar-refractivity contribution is 8.18. The van der Waals surface area contributed by atoms with Crippen molar-refractivity contribution < 1.29 is 28.7 Å². The van der Waals surface area contributed by atoms with Crippen molar-refractivity contribution in [2.75, 3.05) is 32.8 Å². The largest absolute Gasteiger partial charge is 0.481 e. The molecule has 8 nitrogen and oxygen atoms in total. The van der Waals surface area contributed by atoms with Crippen molar-refractivity contribution in [3.8, 4) is 5.75 Å². The van der Waals surface area contributed by atoms with Crippen molar-refractivity contribution in [1.29, 1.82) is 0 Å². The minimum Gasteiger partial charge on any atom is -0.481 e. The molecular weight excluding hydrogens is 420 g/mol. The number of rotatable bonds is 7. The molecule has 1 aromatic rings. The molecule has 0 atom stereocenters. The topological polar surface area (TPSA) is 93.2 Å². The van der Waals surface area contributed by atoms with E-state index < -0.39 is 17.1 Å². The first-order valence-corrected chi connectivity index (χ1v) is 11.2. The normalized spacial score (nSPS) is 18.3. The first-order valence-electron chi connectivity index (χ1n) is 10.4. The maximum Gasteiger partial charge on any atom is 0.344 e. The molecule has 2 aliphatic rings. The quantitative estimate of drug-likeness (QED) is 0.469. The highest BCUT2D eigenvalue weighted by Crippen LogP contribution is 2.34. The maximum absolute atomic E-state index is 12.8. The Labute approximate surface area is 185 Å². The van der Waals surface area contributed by atoms with Gasteiger partial charge in [-0.1, -0.05) is 31.0 Å². The van der Waals surface area contributed by atoms with E-state index in [1.54, 1.807) is 42.2 Å². The minimum atomic E-state index is -0.502. The minimum absolute atomic E-state index is 0.205. The zero-order chi connectivity index (χ0) is 22.2. The lowest BCUT2D eigenvalue weighted by atomic mass is 10.2. The van der Waals surface area contributed by atoms with Gasteiger partial charge in [0.05, 0.1) is 11.5 Å². The summed E-state index contributed by atoms with van der Waals surface area (Å²) < 4.78 is 10.4. The van der Waals surface area contributed by atoms with Crippen LogP contribution in [0.4, 0.5) is 4.79 Å². The van der Waals surface area contributed by atoms with Gasteiger partial charge in [-0.05, 0) is 43.7 Å². The van der Waals surface area contributed by atoms with E-state index in [4.69, 9.17) is 9.47 Å². The Hall–Kier alpha value is -2.81. The van der Waals surface area contributed by atoms with Crippen molar-refractivity contribution in [3.05, 3.63) is 34.7 Å². The van der Waals surface area contributed by atoms with Crippen LogP contribution in [0.5, 0.6) is 5.75 Å². The summed E-state index contributed by atoms with van der Waals surface area (Å²) in [6, 6.07) is 6.88. The number of benzene rings is 1. The number of carbonyl (C=O) groups is 4. The molecule has 9 heteroatoms. The molecule has 0 aliphatic carbocycles. The van der Waals surface area contributed by atoms with Gasteiger partial charge in [0.15, 0.2) is 6.61 Å². The molecule has 2 fully saturated rings. The summed E-state index contributed by atoms with van der Waals surface area (Å²) in [4.78, 5) is 52.3. The first-order chi connectivity index (χ1) is 15.0. The van der Waals surface area contributed by atoms with Crippen LogP contribution in [0.1, 0.15) is 38.2 Å². The van der Waals surface area contributed by atoms with E-state index >= 15 is 0 Å². The summed E-state index contributed by atoms with van der Waals surface area (Å²) in [5, 5.41) is -0.468. The van der Waals surface area contributed by atoms with Crippen LogP contribution in [0.15, 0.2) is 29.2 Å². The number of nitrogens with zero attached hydrogens (tertiary/aromatic N) is 2. The SMILES string of the molecule is CCOC(=O)COc1ccccc1/C=C1\SC(=O)N(CC(=O)N2CCCCCC2)C1=O. The summed E-state index contributed by atoms with van der Waals surface area (Å²) in [5.41, 5.74) is 0.552. The number of carbonyl (C=O) groups excluding carboxylic acids is 4. The van der Waals surface area contributed by atoms with Gasteiger partial charge in [0.2, 0.25) is 5.91 Å². The van der Waals surface area contributed by atoms with Crippen LogP contribution >= 0.6 is 11.8 Å². The zero-order valence-electron chi connectivity index (χ0n) is 17.5. The molecule has 0 saturated carbocycles. The molecule has 2 aliphatic heterocycles. The van der Waals surface area contributed by atoms with E-state index in [2.05, 4.69) is 0 Å². The fraction of sp³-hybridized carbons (Fsp3) is 0.455. The van der Waals surface area contributed by atoms with Gasteiger partial charge in [0.1, 0.15) is 12.3 Å². The number of hydrogen-bond acceptors (Lipinski definition) is 7. The number of imide groups is 1. The molecule has 2 heterocycles. The van der Waals surface area contributed by atoms with Gasteiger partial charge in [-0.25, -0.2) is 4.79 Å². The Bertz CT molecular complexity index is 877.